The molecular weight excluding hydrogens is 584 g/mol. The number of fused-ring (bicyclic) bond motifs is 1. The predicted octanol–water partition coefficient (Wildman–Crippen LogP) is 2.33. The monoisotopic (exact) mass is 624 g/mol. The van der Waals surface area contributed by atoms with Crippen molar-refractivity contribution < 1.29 is 33.4 Å². The van der Waals surface area contributed by atoms with Gasteiger partial charge < -0.3 is 35.9 Å². The first kappa shape index (κ1) is 34.4. The first-order chi connectivity index (χ1) is 21.6. The van der Waals surface area contributed by atoms with Crippen LogP contribution in [0.15, 0.2) is 30.5 Å². The Balaban J connectivity index is 1.77. The molecular formula is C30H40N8O7. The fourth-order valence-corrected chi connectivity index (χ4v) is 4.41. The van der Waals surface area contributed by atoms with E-state index in [0.717, 1.165) is 5.69 Å². The van der Waals surface area contributed by atoms with Crippen LogP contribution in [0.3, 0.4) is 0 Å². The Labute approximate surface area is 261 Å². The lowest BCUT2D eigenvalue weighted by atomic mass is 10.1. The summed E-state index contributed by atoms with van der Waals surface area (Å²) in [6.45, 7) is 6.67. The number of anilines is 3. The number of hydrogen-bond donors (Lipinski definition) is 3. The SMILES string of the molecule is CCOC(=O)CCCCN(Cc1cnc2nc(N)nc(N)c2n1)c1ccc(C(=O)NC(CCC(=O)OCC)C(=O)OCC)cc1. The highest BCUT2D eigenvalue weighted by Crippen LogP contribution is 2.21. The average molecular weight is 625 g/mol. The molecule has 0 spiro atoms. The zero-order valence-corrected chi connectivity index (χ0v) is 25.8. The molecule has 0 aliphatic rings. The molecule has 15 heteroatoms. The number of aromatic nitrogens is 4. The van der Waals surface area contributed by atoms with Crippen molar-refractivity contribution >= 4 is 52.4 Å². The first-order valence-electron chi connectivity index (χ1n) is 14.8. The third-order valence-electron chi connectivity index (χ3n) is 6.53. The van der Waals surface area contributed by atoms with Crippen LogP contribution < -0.4 is 21.7 Å². The van der Waals surface area contributed by atoms with Crippen molar-refractivity contribution in [3.63, 3.8) is 0 Å². The van der Waals surface area contributed by atoms with Crippen LogP contribution in [-0.4, -0.2) is 76.2 Å². The number of carbonyl (C=O) groups is 4. The van der Waals surface area contributed by atoms with Crippen molar-refractivity contribution in [2.45, 2.75) is 65.5 Å². The Morgan fingerprint density at radius 1 is 0.867 bits per heavy atom. The van der Waals surface area contributed by atoms with E-state index < -0.39 is 23.9 Å². The average Bonchev–Trinajstić information content (AvgIpc) is 3.01. The highest BCUT2D eigenvalue weighted by molar-refractivity contribution is 5.97. The van der Waals surface area contributed by atoms with E-state index in [1.54, 1.807) is 51.2 Å². The van der Waals surface area contributed by atoms with E-state index in [0.29, 0.717) is 55.7 Å². The topological polar surface area (TPSA) is 215 Å². The summed E-state index contributed by atoms with van der Waals surface area (Å²) in [4.78, 5) is 68.2. The summed E-state index contributed by atoms with van der Waals surface area (Å²) < 4.78 is 15.0. The summed E-state index contributed by atoms with van der Waals surface area (Å²) in [7, 11) is 0. The number of nitrogen functional groups attached to an aromatic ring is 2. The second-order valence-corrected chi connectivity index (χ2v) is 9.85. The molecule has 1 unspecified atom stereocenters. The number of benzene rings is 1. The molecule has 2 aromatic heterocycles. The van der Waals surface area contributed by atoms with Gasteiger partial charge >= 0.3 is 17.9 Å². The van der Waals surface area contributed by atoms with Crippen molar-refractivity contribution in [2.24, 2.45) is 0 Å². The van der Waals surface area contributed by atoms with Crippen LogP contribution in [0.1, 0.15) is 68.9 Å². The normalized spacial score (nSPS) is 11.4. The number of nitrogens with two attached hydrogens (primary N) is 2. The number of rotatable bonds is 17. The predicted molar refractivity (Wildman–Crippen MR) is 166 cm³/mol. The fourth-order valence-electron chi connectivity index (χ4n) is 4.41. The number of hydrogen-bond acceptors (Lipinski definition) is 14. The van der Waals surface area contributed by atoms with Crippen molar-refractivity contribution in [3.8, 4) is 0 Å². The highest BCUT2D eigenvalue weighted by Gasteiger charge is 2.24. The minimum absolute atomic E-state index is 0.00183. The quantitative estimate of drug-likeness (QED) is 0.112. The van der Waals surface area contributed by atoms with Crippen molar-refractivity contribution in [3.05, 3.63) is 41.7 Å². The van der Waals surface area contributed by atoms with Gasteiger partial charge in [0.15, 0.2) is 17.0 Å². The van der Waals surface area contributed by atoms with E-state index in [1.165, 1.54) is 0 Å². The largest absolute Gasteiger partial charge is 0.466 e. The molecule has 0 fully saturated rings. The molecule has 3 rings (SSSR count). The minimum Gasteiger partial charge on any atom is -0.466 e. The van der Waals surface area contributed by atoms with Gasteiger partial charge in [-0.25, -0.2) is 14.8 Å². The number of carbonyl (C=O) groups excluding carboxylic acids is 4. The lowest BCUT2D eigenvalue weighted by Crippen LogP contribution is -2.42. The molecule has 15 nitrogen and oxygen atoms in total. The number of amides is 1. The third-order valence-corrected chi connectivity index (χ3v) is 6.53. The molecule has 242 valence electrons. The summed E-state index contributed by atoms with van der Waals surface area (Å²) in [5.41, 5.74) is 14.0. The Morgan fingerprint density at radius 2 is 1.53 bits per heavy atom. The Kier molecular flexibility index (Phi) is 13.2. The second-order valence-electron chi connectivity index (χ2n) is 9.85. The van der Waals surface area contributed by atoms with Crippen LogP contribution in [0.5, 0.6) is 0 Å². The maximum absolute atomic E-state index is 13.1. The van der Waals surface area contributed by atoms with Gasteiger partial charge in [0.05, 0.1) is 38.3 Å². The van der Waals surface area contributed by atoms with Gasteiger partial charge in [-0.05, 0) is 64.3 Å². The number of esters is 3. The second kappa shape index (κ2) is 17.3. The van der Waals surface area contributed by atoms with Crippen LogP contribution in [0.4, 0.5) is 17.5 Å². The summed E-state index contributed by atoms with van der Waals surface area (Å²) in [6.07, 6.45) is 3.14. The molecule has 2 heterocycles. The molecule has 45 heavy (non-hydrogen) atoms. The fraction of sp³-hybridized carbons (Fsp3) is 0.467. The van der Waals surface area contributed by atoms with Gasteiger partial charge in [0, 0.05) is 30.6 Å². The van der Waals surface area contributed by atoms with Crippen molar-refractivity contribution in [2.75, 3.05) is 42.7 Å². The summed E-state index contributed by atoms with van der Waals surface area (Å²) >= 11 is 0. The molecule has 1 atom stereocenters. The van der Waals surface area contributed by atoms with Crippen LogP contribution in [0, 0.1) is 0 Å². The van der Waals surface area contributed by atoms with Gasteiger partial charge in [0.1, 0.15) is 6.04 Å². The first-order valence-corrected chi connectivity index (χ1v) is 14.8. The van der Waals surface area contributed by atoms with E-state index in [9.17, 15) is 19.2 Å². The highest BCUT2D eigenvalue weighted by atomic mass is 16.5. The lowest BCUT2D eigenvalue weighted by Gasteiger charge is -2.25. The van der Waals surface area contributed by atoms with Gasteiger partial charge in [0.25, 0.3) is 5.91 Å². The molecule has 5 N–H and O–H groups in total. The number of unbranched alkanes of at least 4 members (excludes halogenated alkanes) is 1. The summed E-state index contributed by atoms with van der Waals surface area (Å²) in [6, 6.07) is 5.78. The number of nitrogens with one attached hydrogen (secondary N) is 1. The number of nitrogens with zero attached hydrogens (tertiary/aromatic N) is 5. The third kappa shape index (κ3) is 10.5. The zero-order valence-electron chi connectivity index (χ0n) is 25.8. The van der Waals surface area contributed by atoms with E-state index in [2.05, 4.69) is 25.3 Å². The molecule has 0 saturated heterocycles. The van der Waals surface area contributed by atoms with Gasteiger partial charge in [-0.15, -0.1) is 0 Å². The Bertz CT molecular complexity index is 1470. The Hall–Kier alpha value is -5.08. The van der Waals surface area contributed by atoms with Gasteiger partial charge in [0.2, 0.25) is 5.95 Å². The summed E-state index contributed by atoms with van der Waals surface area (Å²) in [5.74, 6) is -1.74. The molecule has 0 aliphatic carbocycles. The van der Waals surface area contributed by atoms with Crippen molar-refractivity contribution in [1.29, 1.82) is 0 Å². The molecule has 1 amide bonds. The number of ether oxygens (including phenoxy) is 3. The zero-order chi connectivity index (χ0) is 32.8. The standard InChI is InChI=1S/C30H40N8O7/c1-4-43-23(39)9-7-8-16-38(18-20-17-33-27-25(34-20)26(31)36-30(32)37-27)21-12-10-19(11-13-21)28(41)35-22(29(42)45-6-3)14-15-24(40)44-5-2/h10-13,17,22H,4-9,14-16,18H2,1-3H3,(H,35,41)(H4,31,32,33,36,37). The van der Waals surface area contributed by atoms with E-state index in [1.807, 2.05) is 4.90 Å². The van der Waals surface area contributed by atoms with Crippen LogP contribution in [0.2, 0.25) is 0 Å². The maximum Gasteiger partial charge on any atom is 0.328 e. The van der Waals surface area contributed by atoms with Crippen LogP contribution in [0.25, 0.3) is 11.2 Å². The van der Waals surface area contributed by atoms with Gasteiger partial charge in [-0.1, -0.05) is 0 Å². The molecule has 0 radical (unpaired) electrons. The molecule has 0 aliphatic heterocycles. The van der Waals surface area contributed by atoms with Gasteiger partial charge in [-0.3, -0.25) is 14.4 Å². The van der Waals surface area contributed by atoms with Crippen LogP contribution in [-0.2, 0) is 35.1 Å². The Morgan fingerprint density at radius 3 is 2.20 bits per heavy atom. The maximum atomic E-state index is 13.1. The van der Waals surface area contributed by atoms with E-state index in [-0.39, 0.29) is 49.4 Å². The molecule has 0 bridgehead atoms. The lowest BCUT2D eigenvalue weighted by molar-refractivity contribution is -0.147. The van der Waals surface area contributed by atoms with E-state index >= 15 is 0 Å². The van der Waals surface area contributed by atoms with Gasteiger partial charge in [-0.2, -0.15) is 9.97 Å². The molecule has 0 saturated carbocycles. The van der Waals surface area contributed by atoms with E-state index in [4.69, 9.17) is 25.7 Å². The van der Waals surface area contributed by atoms with Crippen molar-refractivity contribution in [1.82, 2.24) is 25.3 Å². The summed E-state index contributed by atoms with van der Waals surface area (Å²) in [5, 5.41) is 2.66. The van der Waals surface area contributed by atoms with Crippen LogP contribution >= 0.6 is 0 Å². The molecule has 3 aromatic rings. The molecule has 1 aromatic carbocycles. The smallest absolute Gasteiger partial charge is 0.328 e. The minimum atomic E-state index is -1.02.